The molecule has 0 aliphatic carbocycles. The Bertz CT molecular complexity index is 1210. The van der Waals surface area contributed by atoms with E-state index in [9.17, 15) is 36.4 Å². The Morgan fingerprint density at radius 3 is 2.39 bits per heavy atom. The lowest BCUT2D eigenvalue weighted by atomic mass is 10.0. The van der Waals surface area contributed by atoms with Crippen molar-refractivity contribution < 1.29 is 31.1 Å². The fourth-order valence-electron chi connectivity index (χ4n) is 2.70. The number of carbonyl (C=O) groups is 1. The summed E-state index contributed by atoms with van der Waals surface area (Å²) in [6, 6.07) is 9.16. The normalized spacial score (nSPS) is 12.6. The van der Waals surface area contributed by atoms with E-state index >= 15 is 0 Å². The van der Waals surface area contributed by atoms with Gasteiger partial charge in [0.05, 0.1) is 10.4 Å². The molecular formula is C20H11F6N3OS. The summed E-state index contributed by atoms with van der Waals surface area (Å²) >= 11 is 0.979. The zero-order valence-electron chi connectivity index (χ0n) is 15.5. The van der Waals surface area contributed by atoms with Crippen molar-refractivity contribution >= 4 is 23.2 Å². The molecule has 4 nitrogen and oxygen atoms in total. The van der Waals surface area contributed by atoms with Crippen molar-refractivity contribution in [2.24, 2.45) is 7.05 Å². The summed E-state index contributed by atoms with van der Waals surface area (Å²) in [7, 11) is 1.16. The molecule has 3 rings (SSSR count). The topological polar surface area (TPSA) is 58.7 Å². The van der Waals surface area contributed by atoms with E-state index in [1.165, 1.54) is 18.2 Å². The first-order valence-electron chi connectivity index (χ1n) is 8.45. The number of benzene rings is 1. The van der Waals surface area contributed by atoms with Crippen molar-refractivity contribution in [3.05, 3.63) is 69.7 Å². The van der Waals surface area contributed by atoms with Crippen LogP contribution < -0.4 is 0 Å². The summed E-state index contributed by atoms with van der Waals surface area (Å²) in [5, 5.41) is 13.1. The largest absolute Gasteiger partial charge is 0.433 e. The van der Waals surface area contributed by atoms with Gasteiger partial charge in [0.25, 0.3) is 0 Å². The third-order valence-electron chi connectivity index (χ3n) is 4.15. The molecule has 0 atom stereocenters. The number of rotatable bonds is 4. The molecule has 0 amide bonds. The van der Waals surface area contributed by atoms with Gasteiger partial charge in [-0.3, -0.25) is 9.48 Å². The lowest BCUT2D eigenvalue weighted by Crippen LogP contribution is -2.11. The predicted octanol–water partition coefficient (Wildman–Crippen LogP) is 5.98. The Kier molecular flexibility index (Phi) is 5.78. The van der Waals surface area contributed by atoms with E-state index in [4.69, 9.17) is 0 Å². The van der Waals surface area contributed by atoms with Gasteiger partial charge < -0.3 is 0 Å². The van der Waals surface area contributed by atoms with Crippen LogP contribution in [-0.2, 0) is 19.4 Å². The predicted molar refractivity (Wildman–Crippen MR) is 101 cm³/mol. The number of nitriles is 1. The van der Waals surface area contributed by atoms with Crippen LogP contribution in [0.1, 0.15) is 26.5 Å². The van der Waals surface area contributed by atoms with Crippen molar-refractivity contribution in [3.63, 3.8) is 0 Å². The highest BCUT2D eigenvalue weighted by Gasteiger charge is 2.35. The molecule has 3 aromatic rings. The minimum absolute atomic E-state index is 0.0576. The number of hydrogen-bond donors (Lipinski definition) is 0. The van der Waals surface area contributed by atoms with E-state index in [1.54, 1.807) is 6.07 Å². The monoisotopic (exact) mass is 455 g/mol. The summed E-state index contributed by atoms with van der Waals surface area (Å²) in [6.45, 7) is 0. The highest BCUT2D eigenvalue weighted by atomic mass is 32.1. The molecule has 0 radical (unpaired) electrons. The molecule has 0 spiro atoms. The molecule has 0 bridgehead atoms. The van der Waals surface area contributed by atoms with Gasteiger partial charge in [-0.2, -0.15) is 36.7 Å². The number of alkyl halides is 6. The molecule has 0 aliphatic rings. The summed E-state index contributed by atoms with van der Waals surface area (Å²) in [6.07, 6.45) is -8.05. The Morgan fingerprint density at radius 1 is 1.10 bits per heavy atom. The van der Waals surface area contributed by atoms with E-state index in [0.717, 1.165) is 42.6 Å². The van der Waals surface area contributed by atoms with Crippen LogP contribution >= 0.6 is 11.3 Å². The average Bonchev–Trinajstić information content (AvgIpc) is 3.31. The molecule has 0 saturated carbocycles. The zero-order chi connectivity index (χ0) is 23.0. The van der Waals surface area contributed by atoms with Crippen molar-refractivity contribution in [2.45, 2.75) is 12.4 Å². The van der Waals surface area contributed by atoms with Crippen LogP contribution in [0, 0.1) is 11.3 Å². The van der Waals surface area contributed by atoms with Crippen LogP contribution in [0.25, 0.3) is 16.6 Å². The number of allylic oxidation sites excluding steroid dienone is 1. The fraction of sp³-hybridized carbons (Fsp3) is 0.150. The number of nitrogens with zero attached hydrogens (tertiary/aromatic N) is 3. The minimum Gasteiger partial charge on any atom is -0.288 e. The van der Waals surface area contributed by atoms with E-state index < -0.39 is 35.0 Å². The van der Waals surface area contributed by atoms with Crippen LogP contribution in [0.4, 0.5) is 26.3 Å². The number of aryl methyl sites for hydroxylation is 1. The minimum atomic E-state index is -4.65. The summed E-state index contributed by atoms with van der Waals surface area (Å²) in [4.78, 5) is 13.2. The Labute approximate surface area is 175 Å². The van der Waals surface area contributed by atoms with Gasteiger partial charge >= 0.3 is 12.4 Å². The maximum absolute atomic E-state index is 12.9. The van der Waals surface area contributed by atoms with Crippen LogP contribution in [0.2, 0.25) is 0 Å². The molecular weight excluding hydrogens is 444 g/mol. The van der Waals surface area contributed by atoms with Crippen LogP contribution in [0.15, 0.2) is 48.0 Å². The third kappa shape index (κ3) is 4.86. The maximum atomic E-state index is 12.9. The quantitative estimate of drug-likeness (QED) is 0.211. The van der Waals surface area contributed by atoms with E-state index in [1.807, 2.05) is 0 Å². The smallest absolute Gasteiger partial charge is 0.288 e. The number of ketones is 1. The first kappa shape index (κ1) is 22.3. The number of thiophene rings is 1. The van der Waals surface area contributed by atoms with Gasteiger partial charge in [0, 0.05) is 17.5 Å². The second kappa shape index (κ2) is 8.03. The molecule has 0 N–H and O–H groups in total. The summed E-state index contributed by atoms with van der Waals surface area (Å²) in [5.74, 6) is -0.902. The molecule has 0 aliphatic heterocycles. The van der Waals surface area contributed by atoms with Crippen molar-refractivity contribution in [1.29, 1.82) is 5.26 Å². The Hall–Kier alpha value is -3.39. The van der Waals surface area contributed by atoms with Crippen LogP contribution in [0.3, 0.4) is 0 Å². The summed E-state index contributed by atoms with van der Waals surface area (Å²) in [5.41, 5.74) is -2.62. The van der Waals surface area contributed by atoms with Gasteiger partial charge in [0.2, 0.25) is 5.78 Å². The first-order chi connectivity index (χ1) is 14.4. The number of Topliss-reactive ketones (excluding diaryl/α,β-unsaturated/α-hetero) is 1. The zero-order valence-corrected chi connectivity index (χ0v) is 16.4. The van der Waals surface area contributed by atoms with Gasteiger partial charge in [0.1, 0.15) is 23.0 Å². The molecule has 11 heteroatoms. The van der Waals surface area contributed by atoms with E-state index in [0.29, 0.717) is 20.5 Å². The molecule has 0 fully saturated rings. The van der Waals surface area contributed by atoms with Crippen molar-refractivity contribution in [3.8, 4) is 16.6 Å². The van der Waals surface area contributed by atoms with Crippen LogP contribution in [-0.4, -0.2) is 15.6 Å². The molecule has 1 aromatic carbocycles. The third-order valence-corrected chi connectivity index (χ3v) is 5.21. The first-order valence-corrected chi connectivity index (χ1v) is 9.27. The lowest BCUT2D eigenvalue weighted by Gasteiger charge is -2.07. The average molecular weight is 455 g/mol. The molecule has 0 saturated heterocycles. The Morgan fingerprint density at radius 2 is 1.81 bits per heavy atom. The molecule has 2 aromatic heterocycles. The van der Waals surface area contributed by atoms with Crippen molar-refractivity contribution in [2.75, 3.05) is 0 Å². The molecule has 2 heterocycles. The van der Waals surface area contributed by atoms with Gasteiger partial charge in [0.15, 0.2) is 0 Å². The molecule has 0 unspecified atom stereocenters. The fourth-order valence-corrected chi connectivity index (χ4v) is 3.61. The number of halogens is 6. The standard InChI is InChI=1S/C20H11F6N3OS/c1-29-17(20(24,25)26)9-15(28-29)16-6-5-14(31-16)8-12(10-27)18(30)11-3-2-4-13(7-11)19(21,22)23/h2-9H,1H3/b12-8+. The number of hydrogen-bond acceptors (Lipinski definition) is 4. The lowest BCUT2D eigenvalue weighted by molar-refractivity contribution is -0.143. The van der Waals surface area contributed by atoms with Gasteiger partial charge in [-0.05, 0) is 36.4 Å². The van der Waals surface area contributed by atoms with Gasteiger partial charge in [-0.15, -0.1) is 11.3 Å². The molecule has 160 valence electrons. The second-order valence-corrected chi connectivity index (χ2v) is 7.43. The Balaban J connectivity index is 1.91. The van der Waals surface area contributed by atoms with Gasteiger partial charge in [-0.1, -0.05) is 12.1 Å². The maximum Gasteiger partial charge on any atom is 0.433 e. The molecule has 31 heavy (non-hydrogen) atoms. The number of aromatic nitrogens is 2. The SMILES string of the molecule is Cn1nc(-c2ccc(/C=C(\C#N)C(=O)c3cccc(C(F)(F)F)c3)s2)cc1C(F)(F)F. The van der Waals surface area contributed by atoms with Crippen molar-refractivity contribution in [1.82, 2.24) is 9.78 Å². The van der Waals surface area contributed by atoms with E-state index in [2.05, 4.69) is 5.10 Å². The highest BCUT2D eigenvalue weighted by molar-refractivity contribution is 7.16. The van der Waals surface area contributed by atoms with Gasteiger partial charge in [-0.25, -0.2) is 0 Å². The van der Waals surface area contributed by atoms with E-state index in [-0.39, 0.29) is 11.3 Å². The number of carbonyl (C=O) groups excluding carboxylic acids is 1. The highest BCUT2D eigenvalue weighted by Crippen LogP contribution is 2.35. The summed E-state index contributed by atoms with van der Waals surface area (Å²) < 4.78 is 78.1. The van der Waals surface area contributed by atoms with Crippen LogP contribution in [0.5, 0.6) is 0 Å². The second-order valence-electron chi connectivity index (χ2n) is 6.32.